The van der Waals surface area contributed by atoms with Crippen LogP contribution in [0.4, 0.5) is 18.9 Å². The molecule has 1 fully saturated rings. The molecule has 0 aromatic heterocycles. The summed E-state index contributed by atoms with van der Waals surface area (Å²) in [7, 11) is 1.17. The summed E-state index contributed by atoms with van der Waals surface area (Å²) in [6, 6.07) is 3.53. The molecule has 104 valence electrons. The van der Waals surface area contributed by atoms with Crippen LogP contribution >= 0.6 is 11.6 Å². The zero-order chi connectivity index (χ0) is 14.2. The molecule has 1 aliphatic heterocycles. The van der Waals surface area contributed by atoms with E-state index in [1.807, 2.05) is 0 Å². The molecule has 3 nitrogen and oxygen atoms in total. The Kier molecular flexibility index (Phi) is 3.62. The van der Waals surface area contributed by atoms with Crippen molar-refractivity contribution in [3.63, 3.8) is 0 Å². The standard InChI is InChI=1S/C12H11ClF3NO2/c1-19-10-3-2-8(5-9(10)12(14,15)16)17-6-7(13)4-11(17)18/h2-3,5,7H,4,6H2,1H3. The second-order valence-electron chi connectivity index (χ2n) is 4.19. The minimum atomic E-state index is -4.54. The highest BCUT2D eigenvalue weighted by Gasteiger charge is 2.36. The number of alkyl halides is 4. The van der Waals surface area contributed by atoms with Crippen LogP contribution in [-0.2, 0) is 11.0 Å². The fourth-order valence-electron chi connectivity index (χ4n) is 2.00. The minimum Gasteiger partial charge on any atom is -0.496 e. The fraction of sp³-hybridized carbons (Fsp3) is 0.417. The second kappa shape index (κ2) is 4.92. The van der Waals surface area contributed by atoms with Crippen LogP contribution in [0.3, 0.4) is 0 Å². The molecule has 7 heteroatoms. The molecule has 0 aliphatic carbocycles. The number of anilines is 1. The molecule has 1 saturated heterocycles. The maximum Gasteiger partial charge on any atom is 0.420 e. The Labute approximate surface area is 112 Å². The van der Waals surface area contributed by atoms with Crippen molar-refractivity contribution in [2.75, 3.05) is 18.6 Å². The average Bonchev–Trinajstić information content (AvgIpc) is 2.66. The maximum absolute atomic E-state index is 12.9. The molecular weight excluding hydrogens is 283 g/mol. The molecule has 0 saturated carbocycles. The number of amides is 1. The first-order valence-corrected chi connectivity index (χ1v) is 5.96. The molecule has 1 aromatic carbocycles. The van der Waals surface area contributed by atoms with Crippen LogP contribution in [0.25, 0.3) is 0 Å². The molecule has 19 heavy (non-hydrogen) atoms. The second-order valence-corrected chi connectivity index (χ2v) is 4.81. The van der Waals surface area contributed by atoms with E-state index in [1.54, 1.807) is 0 Å². The van der Waals surface area contributed by atoms with Gasteiger partial charge in [-0.15, -0.1) is 11.6 Å². The molecule has 0 spiro atoms. The third-order valence-electron chi connectivity index (χ3n) is 2.88. The normalized spacial score (nSPS) is 19.9. The van der Waals surface area contributed by atoms with Crippen molar-refractivity contribution in [3.05, 3.63) is 23.8 Å². The largest absolute Gasteiger partial charge is 0.496 e. The monoisotopic (exact) mass is 293 g/mol. The first kappa shape index (κ1) is 14.0. The van der Waals surface area contributed by atoms with Crippen molar-refractivity contribution in [1.82, 2.24) is 0 Å². The van der Waals surface area contributed by atoms with Gasteiger partial charge in [0.25, 0.3) is 0 Å². The van der Waals surface area contributed by atoms with Crippen LogP contribution in [0.5, 0.6) is 5.75 Å². The van der Waals surface area contributed by atoms with Gasteiger partial charge >= 0.3 is 6.18 Å². The lowest BCUT2D eigenvalue weighted by molar-refractivity contribution is -0.138. The topological polar surface area (TPSA) is 29.5 Å². The lowest BCUT2D eigenvalue weighted by Gasteiger charge is -2.19. The molecule has 1 amide bonds. The van der Waals surface area contributed by atoms with E-state index < -0.39 is 11.7 Å². The van der Waals surface area contributed by atoms with Crippen LogP contribution < -0.4 is 9.64 Å². The number of benzene rings is 1. The Morgan fingerprint density at radius 3 is 2.58 bits per heavy atom. The van der Waals surface area contributed by atoms with Crippen LogP contribution in [0.15, 0.2) is 18.2 Å². The van der Waals surface area contributed by atoms with Gasteiger partial charge in [-0.2, -0.15) is 13.2 Å². The quantitative estimate of drug-likeness (QED) is 0.784. The Balaban J connectivity index is 2.41. The zero-order valence-corrected chi connectivity index (χ0v) is 10.8. The van der Waals surface area contributed by atoms with Crippen molar-refractivity contribution in [1.29, 1.82) is 0 Å². The number of halogens is 4. The highest BCUT2D eigenvalue weighted by atomic mass is 35.5. The first-order chi connectivity index (χ1) is 8.82. The molecule has 0 N–H and O–H groups in total. The van der Waals surface area contributed by atoms with Gasteiger partial charge in [0.1, 0.15) is 5.75 Å². The summed E-state index contributed by atoms with van der Waals surface area (Å²) in [6.07, 6.45) is -4.40. The molecule has 1 aromatic rings. The van der Waals surface area contributed by atoms with Crippen molar-refractivity contribution >= 4 is 23.2 Å². The summed E-state index contributed by atoms with van der Waals surface area (Å²) in [5, 5.41) is -0.371. The maximum atomic E-state index is 12.9. The van der Waals surface area contributed by atoms with E-state index in [0.717, 1.165) is 6.07 Å². The molecule has 1 unspecified atom stereocenters. The summed E-state index contributed by atoms with van der Waals surface area (Å²) in [5.41, 5.74) is -0.723. The molecule has 0 bridgehead atoms. The molecule has 0 radical (unpaired) electrons. The Morgan fingerprint density at radius 2 is 2.11 bits per heavy atom. The number of carbonyl (C=O) groups is 1. The lowest BCUT2D eigenvalue weighted by Crippen LogP contribution is -2.25. The van der Waals surface area contributed by atoms with Crippen LogP contribution in [0, 0.1) is 0 Å². The van der Waals surface area contributed by atoms with Crippen LogP contribution in [-0.4, -0.2) is 24.9 Å². The molecule has 1 heterocycles. The number of rotatable bonds is 2. The summed E-state index contributed by atoms with van der Waals surface area (Å²) in [4.78, 5) is 12.9. The average molecular weight is 294 g/mol. The number of hydrogen-bond acceptors (Lipinski definition) is 2. The highest BCUT2D eigenvalue weighted by Crippen LogP contribution is 2.39. The first-order valence-electron chi connectivity index (χ1n) is 5.52. The van der Waals surface area contributed by atoms with E-state index in [2.05, 4.69) is 4.74 Å². The Bertz CT molecular complexity index is 504. The molecule has 2 rings (SSSR count). The van der Waals surface area contributed by atoms with Crippen LogP contribution in [0.2, 0.25) is 0 Å². The van der Waals surface area contributed by atoms with Gasteiger partial charge in [-0.3, -0.25) is 4.79 Å². The third kappa shape index (κ3) is 2.78. The van der Waals surface area contributed by atoms with E-state index >= 15 is 0 Å². The van der Waals surface area contributed by atoms with Gasteiger partial charge in [0.05, 0.1) is 18.1 Å². The fourth-order valence-corrected chi connectivity index (χ4v) is 2.27. The third-order valence-corrected chi connectivity index (χ3v) is 3.17. The number of carbonyl (C=O) groups excluding carboxylic acids is 1. The SMILES string of the molecule is COc1ccc(N2CC(Cl)CC2=O)cc1C(F)(F)F. The van der Waals surface area contributed by atoms with Gasteiger partial charge in [0, 0.05) is 18.7 Å². The molecule has 1 atom stereocenters. The zero-order valence-electron chi connectivity index (χ0n) is 10.00. The van der Waals surface area contributed by atoms with Gasteiger partial charge in [-0.1, -0.05) is 0 Å². The number of hydrogen-bond donors (Lipinski definition) is 0. The smallest absolute Gasteiger partial charge is 0.420 e. The number of nitrogens with zero attached hydrogens (tertiary/aromatic N) is 1. The van der Waals surface area contributed by atoms with Crippen molar-refractivity contribution < 1.29 is 22.7 Å². The van der Waals surface area contributed by atoms with Gasteiger partial charge in [0.2, 0.25) is 5.91 Å². The van der Waals surface area contributed by atoms with Crippen molar-refractivity contribution in [3.8, 4) is 5.75 Å². The van der Waals surface area contributed by atoms with Gasteiger partial charge in [0.15, 0.2) is 0 Å². The number of methoxy groups -OCH3 is 1. The van der Waals surface area contributed by atoms with E-state index in [9.17, 15) is 18.0 Å². The summed E-state index contributed by atoms with van der Waals surface area (Å²) < 4.78 is 43.3. The van der Waals surface area contributed by atoms with E-state index in [0.29, 0.717) is 0 Å². The van der Waals surface area contributed by atoms with Gasteiger partial charge in [-0.25, -0.2) is 0 Å². The van der Waals surface area contributed by atoms with E-state index in [-0.39, 0.29) is 35.7 Å². The van der Waals surface area contributed by atoms with Crippen LogP contribution in [0.1, 0.15) is 12.0 Å². The number of ether oxygens (including phenoxy) is 1. The van der Waals surface area contributed by atoms with E-state index in [4.69, 9.17) is 11.6 Å². The van der Waals surface area contributed by atoms with Crippen molar-refractivity contribution in [2.45, 2.75) is 18.0 Å². The summed E-state index contributed by atoms with van der Waals surface area (Å²) >= 11 is 5.83. The predicted octanol–water partition coefficient (Wildman–Crippen LogP) is 3.06. The van der Waals surface area contributed by atoms with Crippen molar-refractivity contribution in [2.24, 2.45) is 0 Å². The minimum absolute atomic E-state index is 0.134. The summed E-state index contributed by atoms with van der Waals surface area (Å²) in [6.45, 7) is 0.212. The van der Waals surface area contributed by atoms with Gasteiger partial charge < -0.3 is 9.64 Å². The Morgan fingerprint density at radius 1 is 1.42 bits per heavy atom. The Hall–Kier alpha value is -1.43. The molecular formula is C12H11ClF3NO2. The van der Waals surface area contributed by atoms with Gasteiger partial charge in [-0.05, 0) is 18.2 Å². The lowest BCUT2D eigenvalue weighted by atomic mass is 10.1. The highest BCUT2D eigenvalue weighted by molar-refractivity contribution is 6.24. The molecule has 1 aliphatic rings. The summed E-state index contributed by atoms with van der Waals surface area (Å²) in [5.74, 6) is -0.552. The predicted molar refractivity (Wildman–Crippen MR) is 64.6 cm³/mol. The van der Waals surface area contributed by atoms with E-state index in [1.165, 1.54) is 24.1 Å².